The minimum atomic E-state index is -0.501. The van der Waals surface area contributed by atoms with Crippen molar-refractivity contribution in [3.05, 3.63) is 63.7 Å². The standard InChI is InChI=1S/C13H12FN3O3/c14-11-3-9(6-16-7-11)8-20-13-2-1-12(17(18)19)4-10(13)5-15/h1-4,6-7H,5,8,15H2. The van der Waals surface area contributed by atoms with Crippen LogP contribution in [0.15, 0.2) is 36.7 Å². The molecule has 6 nitrogen and oxygen atoms in total. The zero-order valence-corrected chi connectivity index (χ0v) is 10.5. The molecule has 0 fully saturated rings. The number of benzene rings is 1. The number of nitro benzene ring substituents is 1. The number of aromatic nitrogens is 1. The Labute approximate surface area is 114 Å². The van der Waals surface area contributed by atoms with Gasteiger partial charge in [-0.15, -0.1) is 0 Å². The number of non-ortho nitro benzene ring substituents is 1. The highest BCUT2D eigenvalue weighted by Gasteiger charge is 2.11. The molecule has 2 N–H and O–H groups in total. The monoisotopic (exact) mass is 277 g/mol. The minimum absolute atomic E-state index is 0.0507. The molecule has 20 heavy (non-hydrogen) atoms. The quantitative estimate of drug-likeness (QED) is 0.668. The highest BCUT2D eigenvalue weighted by molar-refractivity contribution is 5.43. The van der Waals surface area contributed by atoms with Gasteiger partial charge >= 0.3 is 0 Å². The fraction of sp³-hybridized carbons (Fsp3) is 0.154. The number of hydrogen-bond acceptors (Lipinski definition) is 5. The summed E-state index contributed by atoms with van der Waals surface area (Å²) < 4.78 is 18.5. The number of rotatable bonds is 5. The number of ether oxygens (including phenoxy) is 1. The van der Waals surface area contributed by atoms with Gasteiger partial charge in [0.25, 0.3) is 5.69 Å². The average molecular weight is 277 g/mol. The number of halogens is 1. The minimum Gasteiger partial charge on any atom is -0.489 e. The summed E-state index contributed by atoms with van der Waals surface area (Å²) in [5.41, 5.74) is 6.57. The van der Waals surface area contributed by atoms with Crippen LogP contribution in [0.2, 0.25) is 0 Å². The maximum absolute atomic E-state index is 13.0. The van der Waals surface area contributed by atoms with E-state index in [4.69, 9.17) is 10.5 Å². The van der Waals surface area contributed by atoms with Gasteiger partial charge in [0, 0.05) is 36.0 Å². The number of hydrogen-bond donors (Lipinski definition) is 1. The second-order valence-electron chi connectivity index (χ2n) is 4.05. The van der Waals surface area contributed by atoms with E-state index in [1.54, 1.807) is 0 Å². The third kappa shape index (κ3) is 3.27. The van der Waals surface area contributed by atoms with Gasteiger partial charge in [0.1, 0.15) is 18.2 Å². The first kappa shape index (κ1) is 13.9. The predicted octanol–water partition coefficient (Wildman–Crippen LogP) is 2.17. The molecule has 0 spiro atoms. The molecule has 0 aliphatic rings. The molecule has 0 unspecified atom stereocenters. The summed E-state index contributed by atoms with van der Waals surface area (Å²) in [6, 6.07) is 5.48. The van der Waals surface area contributed by atoms with E-state index in [0.29, 0.717) is 16.9 Å². The average Bonchev–Trinajstić information content (AvgIpc) is 2.45. The van der Waals surface area contributed by atoms with Crippen LogP contribution in [0.5, 0.6) is 5.75 Å². The van der Waals surface area contributed by atoms with Crippen molar-refractivity contribution >= 4 is 5.69 Å². The van der Waals surface area contributed by atoms with Crippen molar-refractivity contribution in [2.24, 2.45) is 5.73 Å². The van der Waals surface area contributed by atoms with Crippen LogP contribution in [0.3, 0.4) is 0 Å². The van der Waals surface area contributed by atoms with Crippen molar-refractivity contribution in [1.82, 2.24) is 4.98 Å². The number of nitro groups is 1. The van der Waals surface area contributed by atoms with E-state index in [9.17, 15) is 14.5 Å². The molecule has 2 rings (SSSR count). The van der Waals surface area contributed by atoms with Crippen molar-refractivity contribution < 1.29 is 14.1 Å². The Morgan fingerprint density at radius 3 is 2.80 bits per heavy atom. The number of pyridine rings is 1. The van der Waals surface area contributed by atoms with E-state index >= 15 is 0 Å². The summed E-state index contributed by atoms with van der Waals surface area (Å²) in [5, 5.41) is 10.7. The van der Waals surface area contributed by atoms with Crippen LogP contribution in [-0.4, -0.2) is 9.91 Å². The van der Waals surface area contributed by atoms with Gasteiger partial charge in [-0.1, -0.05) is 0 Å². The Hall–Kier alpha value is -2.54. The molecule has 1 aromatic carbocycles. The highest BCUT2D eigenvalue weighted by Crippen LogP contribution is 2.24. The first-order valence-electron chi connectivity index (χ1n) is 5.80. The van der Waals surface area contributed by atoms with Gasteiger partial charge < -0.3 is 10.5 Å². The first-order valence-corrected chi connectivity index (χ1v) is 5.80. The molecular weight excluding hydrogens is 265 g/mol. The molecule has 104 valence electrons. The normalized spacial score (nSPS) is 10.3. The Bertz CT molecular complexity index is 634. The molecule has 0 bridgehead atoms. The molecule has 1 heterocycles. The lowest BCUT2D eigenvalue weighted by atomic mass is 10.2. The molecule has 0 saturated heterocycles. The van der Waals surface area contributed by atoms with E-state index in [1.165, 1.54) is 30.5 Å². The van der Waals surface area contributed by atoms with E-state index in [2.05, 4.69) is 4.98 Å². The van der Waals surface area contributed by atoms with Gasteiger partial charge in [0.2, 0.25) is 0 Å². The fourth-order valence-electron chi connectivity index (χ4n) is 1.68. The van der Waals surface area contributed by atoms with Crippen LogP contribution < -0.4 is 10.5 Å². The molecule has 0 amide bonds. The molecule has 0 radical (unpaired) electrons. The molecule has 2 aromatic rings. The fourth-order valence-corrected chi connectivity index (χ4v) is 1.68. The Morgan fingerprint density at radius 1 is 1.35 bits per heavy atom. The lowest BCUT2D eigenvalue weighted by molar-refractivity contribution is -0.384. The highest BCUT2D eigenvalue weighted by atomic mass is 19.1. The summed E-state index contributed by atoms with van der Waals surface area (Å²) in [7, 11) is 0. The molecule has 1 aromatic heterocycles. The lowest BCUT2D eigenvalue weighted by Crippen LogP contribution is -2.04. The zero-order valence-electron chi connectivity index (χ0n) is 10.5. The third-order valence-corrected chi connectivity index (χ3v) is 2.63. The third-order valence-electron chi connectivity index (χ3n) is 2.63. The van der Waals surface area contributed by atoms with E-state index in [0.717, 1.165) is 6.20 Å². The van der Waals surface area contributed by atoms with Gasteiger partial charge in [-0.2, -0.15) is 0 Å². The van der Waals surface area contributed by atoms with E-state index in [-0.39, 0.29) is 18.8 Å². The molecule has 7 heteroatoms. The maximum Gasteiger partial charge on any atom is 0.270 e. The van der Waals surface area contributed by atoms with Crippen molar-refractivity contribution in [2.75, 3.05) is 0 Å². The summed E-state index contributed by atoms with van der Waals surface area (Å²) in [4.78, 5) is 13.9. The van der Waals surface area contributed by atoms with Crippen molar-refractivity contribution in [2.45, 2.75) is 13.2 Å². The van der Waals surface area contributed by atoms with E-state index < -0.39 is 10.7 Å². The molecular formula is C13H12FN3O3. The van der Waals surface area contributed by atoms with E-state index in [1.807, 2.05) is 0 Å². The smallest absolute Gasteiger partial charge is 0.270 e. The Kier molecular flexibility index (Phi) is 4.21. The van der Waals surface area contributed by atoms with Crippen LogP contribution in [0.4, 0.5) is 10.1 Å². The van der Waals surface area contributed by atoms with Gasteiger partial charge in [-0.05, 0) is 12.1 Å². The zero-order chi connectivity index (χ0) is 14.5. The second kappa shape index (κ2) is 6.07. The van der Waals surface area contributed by atoms with Gasteiger partial charge in [0.15, 0.2) is 0 Å². The molecule has 0 atom stereocenters. The lowest BCUT2D eigenvalue weighted by Gasteiger charge is -2.10. The van der Waals surface area contributed by atoms with Gasteiger partial charge in [-0.25, -0.2) is 4.39 Å². The second-order valence-corrected chi connectivity index (χ2v) is 4.05. The Balaban J connectivity index is 2.15. The van der Waals surface area contributed by atoms with Crippen LogP contribution in [0, 0.1) is 15.9 Å². The van der Waals surface area contributed by atoms with Crippen molar-refractivity contribution in [3.63, 3.8) is 0 Å². The van der Waals surface area contributed by atoms with Crippen LogP contribution >= 0.6 is 0 Å². The molecule has 0 aliphatic carbocycles. The predicted molar refractivity (Wildman–Crippen MR) is 69.5 cm³/mol. The topological polar surface area (TPSA) is 91.3 Å². The summed E-state index contributed by atoms with van der Waals surface area (Å²) in [6.45, 7) is 0.216. The summed E-state index contributed by atoms with van der Waals surface area (Å²) in [5.74, 6) is -0.0174. The molecule has 0 aliphatic heterocycles. The molecule has 0 saturated carbocycles. The van der Waals surface area contributed by atoms with Crippen LogP contribution in [0.1, 0.15) is 11.1 Å². The Morgan fingerprint density at radius 2 is 2.15 bits per heavy atom. The van der Waals surface area contributed by atoms with Crippen molar-refractivity contribution in [1.29, 1.82) is 0 Å². The number of nitrogens with two attached hydrogens (primary N) is 1. The van der Waals surface area contributed by atoms with Crippen molar-refractivity contribution in [3.8, 4) is 5.75 Å². The maximum atomic E-state index is 13.0. The summed E-state index contributed by atoms with van der Waals surface area (Å²) >= 11 is 0. The van der Waals surface area contributed by atoms with Crippen LogP contribution in [-0.2, 0) is 13.2 Å². The van der Waals surface area contributed by atoms with Gasteiger partial charge in [0.05, 0.1) is 11.1 Å². The summed E-state index contributed by atoms with van der Waals surface area (Å²) in [6.07, 6.45) is 2.58. The van der Waals surface area contributed by atoms with Gasteiger partial charge in [-0.3, -0.25) is 15.1 Å². The first-order chi connectivity index (χ1) is 9.60. The largest absolute Gasteiger partial charge is 0.489 e. The SMILES string of the molecule is NCc1cc([N+](=O)[O-])ccc1OCc1cncc(F)c1. The number of nitrogens with zero attached hydrogens (tertiary/aromatic N) is 2. The van der Waals surface area contributed by atoms with Crippen LogP contribution in [0.25, 0.3) is 0 Å².